The average Bonchev–Trinajstić information content (AvgIpc) is 2.65. The lowest BCUT2D eigenvalue weighted by Gasteiger charge is -2.06. The van der Waals surface area contributed by atoms with Crippen LogP contribution in [0.4, 0.5) is 5.69 Å². The molecule has 0 aromatic carbocycles. The molecule has 0 spiro atoms. The molecule has 0 fully saturated rings. The standard InChI is InChI=1S/C12H19N3O2/c1-7(2)11(16)15-9-5-10(13-6-9)12(17)14-8(3)4/h5-8,13H,1-4H3,(H,14,17)(H,15,16). The van der Waals surface area contributed by atoms with Crippen LogP contribution in [0.5, 0.6) is 0 Å². The minimum Gasteiger partial charge on any atom is -0.355 e. The third kappa shape index (κ3) is 3.94. The summed E-state index contributed by atoms with van der Waals surface area (Å²) in [5, 5.41) is 5.49. The van der Waals surface area contributed by atoms with Crippen LogP contribution in [0.2, 0.25) is 0 Å². The molecule has 5 heteroatoms. The van der Waals surface area contributed by atoms with E-state index in [1.807, 2.05) is 27.7 Å². The van der Waals surface area contributed by atoms with Crippen molar-refractivity contribution in [3.8, 4) is 0 Å². The number of amides is 2. The predicted octanol–water partition coefficient (Wildman–Crippen LogP) is 1.75. The second-order valence-corrected chi connectivity index (χ2v) is 4.57. The fourth-order valence-corrected chi connectivity index (χ4v) is 1.22. The quantitative estimate of drug-likeness (QED) is 0.746. The molecule has 17 heavy (non-hydrogen) atoms. The Balaban J connectivity index is 2.65. The SMILES string of the molecule is CC(C)NC(=O)c1cc(NC(=O)C(C)C)c[nH]1. The molecule has 1 rings (SSSR count). The normalized spacial score (nSPS) is 10.7. The fourth-order valence-electron chi connectivity index (χ4n) is 1.22. The third-order valence-electron chi connectivity index (χ3n) is 2.14. The van der Waals surface area contributed by atoms with Crippen LogP contribution < -0.4 is 10.6 Å². The van der Waals surface area contributed by atoms with Gasteiger partial charge in [-0.3, -0.25) is 9.59 Å². The molecule has 1 aromatic rings. The molecule has 0 saturated heterocycles. The first-order valence-corrected chi connectivity index (χ1v) is 5.70. The number of nitrogens with one attached hydrogen (secondary N) is 3. The Labute approximate surface area is 101 Å². The molecule has 0 bridgehead atoms. The second kappa shape index (κ2) is 5.52. The maximum atomic E-state index is 11.6. The van der Waals surface area contributed by atoms with E-state index in [0.717, 1.165) is 0 Å². The third-order valence-corrected chi connectivity index (χ3v) is 2.14. The number of carbonyl (C=O) groups excluding carboxylic acids is 2. The molecular weight excluding hydrogens is 218 g/mol. The molecule has 0 aliphatic rings. The molecule has 0 aliphatic heterocycles. The van der Waals surface area contributed by atoms with Gasteiger partial charge in [-0.05, 0) is 19.9 Å². The highest BCUT2D eigenvalue weighted by atomic mass is 16.2. The van der Waals surface area contributed by atoms with E-state index < -0.39 is 0 Å². The number of hydrogen-bond donors (Lipinski definition) is 3. The summed E-state index contributed by atoms with van der Waals surface area (Å²) < 4.78 is 0. The van der Waals surface area contributed by atoms with E-state index in [1.54, 1.807) is 12.3 Å². The van der Waals surface area contributed by atoms with Gasteiger partial charge in [-0.25, -0.2) is 0 Å². The van der Waals surface area contributed by atoms with E-state index in [4.69, 9.17) is 0 Å². The van der Waals surface area contributed by atoms with Crippen LogP contribution in [-0.2, 0) is 4.79 Å². The molecule has 1 aromatic heterocycles. The van der Waals surface area contributed by atoms with Crippen LogP contribution in [-0.4, -0.2) is 22.8 Å². The molecule has 0 aliphatic carbocycles. The average molecular weight is 237 g/mol. The lowest BCUT2D eigenvalue weighted by Crippen LogP contribution is -2.30. The van der Waals surface area contributed by atoms with Crippen LogP contribution in [0.1, 0.15) is 38.2 Å². The van der Waals surface area contributed by atoms with Crippen molar-refractivity contribution in [2.45, 2.75) is 33.7 Å². The topological polar surface area (TPSA) is 74.0 Å². The van der Waals surface area contributed by atoms with Gasteiger partial charge in [0.1, 0.15) is 5.69 Å². The zero-order valence-electron chi connectivity index (χ0n) is 10.6. The van der Waals surface area contributed by atoms with E-state index in [1.165, 1.54) is 0 Å². The summed E-state index contributed by atoms with van der Waals surface area (Å²) in [6.45, 7) is 7.41. The number of aromatic nitrogens is 1. The summed E-state index contributed by atoms with van der Waals surface area (Å²) in [4.78, 5) is 25.9. The lowest BCUT2D eigenvalue weighted by atomic mass is 10.2. The van der Waals surface area contributed by atoms with Crippen LogP contribution in [0.25, 0.3) is 0 Å². The molecule has 0 unspecified atom stereocenters. The van der Waals surface area contributed by atoms with E-state index in [-0.39, 0.29) is 23.8 Å². The highest BCUT2D eigenvalue weighted by Gasteiger charge is 2.12. The van der Waals surface area contributed by atoms with Crippen LogP contribution >= 0.6 is 0 Å². The van der Waals surface area contributed by atoms with Crippen molar-refractivity contribution in [1.29, 1.82) is 0 Å². The molecule has 0 saturated carbocycles. The zero-order valence-corrected chi connectivity index (χ0v) is 10.6. The molecule has 0 radical (unpaired) electrons. The first-order chi connectivity index (χ1) is 7.90. The summed E-state index contributed by atoms with van der Waals surface area (Å²) in [6.07, 6.45) is 1.61. The minimum atomic E-state index is -0.176. The van der Waals surface area contributed by atoms with Gasteiger partial charge >= 0.3 is 0 Å². The highest BCUT2D eigenvalue weighted by molar-refractivity contribution is 5.96. The van der Waals surface area contributed by atoms with Crippen molar-refractivity contribution >= 4 is 17.5 Å². The second-order valence-electron chi connectivity index (χ2n) is 4.57. The molecule has 5 nitrogen and oxygen atoms in total. The number of rotatable bonds is 4. The lowest BCUT2D eigenvalue weighted by molar-refractivity contribution is -0.118. The van der Waals surface area contributed by atoms with Gasteiger partial charge in [0.2, 0.25) is 5.91 Å². The summed E-state index contributed by atoms with van der Waals surface area (Å²) in [7, 11) is 0. The first-order valence-electron chi connectivity index (χ1n) is 5.70. The van der Waals surface area contributed by atoms with Crippen molar-refractivity contribution < 1.29 is 9.59 Å². The van der Waals surface area contributed by atoms with Gasteiger partial charge in [-0.15, -0.1) is 0 Å². The minimum absolute atomic E-state index is 0.0696. The Kier molecular flexibility index (Phi) is 4.31. The monoisotopic (exact) mass is 237 g/mol. The van der Waals surface area contributed by atoms with Gasteiger partial charge in [-0.2, -0.15) is 0 Å². The van der Waals surface area contributed by atoms with Crippen molar-refractivity contribution in [2.24, 2.45) is 5.92 Å². The maximum absolute atomic E-state index is 11.6. The van der Waals surface area contributed by atoms with E-state index in [9.17, 15) is 9.59 Å². The van der Waals surface area contributed by atoms with E-state index >= 15 is 0 Å². The zero-order chi connectivity index (χ0) is 13.0. The van der Waals surface area contributed by atoms with Crippen molar-refractivity contribution in [3.05, 3.63) is 18.0 Å². The largest absolute Gasteiger partial charge is 0.355 e. The Bertz CT molecular complexity index is 408. The molecular formula is C12H19N3O2. The van der Waals surface area contributed by atoms with Crippen molar-refractivity contribution in [3.63, 3.8) is 0 Å². The molecule has 1 heterocycles. The highest BCUT2D eigenvalue weighted by Crippen LogP contribution is 2.11. The van der Waals surface area contributed by atoms with Gasteiger partial charge in [-0.1, -0.05) is 13.8 Å². The Morgan fingerprint density at radius 1 is 1.24 bits per heavy atom. The van der Waals surface area contributed by atoms with Gasteiger partial charge in [0.05, 0.1) is 5.69 Å². The van der Waals surface area contributed by atoms with E-state index in [0.29, 0.717) is 11.4 Å². The number of anilines is 1. The van der Waals surface area contributed by atoms with Gasteiger partial charge in [0.25, 0.3) is 5.91 Å². The van der Waals surface area contributed by atoms with Gasteiger partial charge in [0.15, 0.2) is 0 Å². The van der Waals surface area contributed by atoms with Gasteiger partial charge in [0, 0.05) is 18.2 Å². The maximum Gasteiger partial charge on any atom is 0.267 e. The van der Waals surface area contributed by atoms with Gasteiger partial charge < -0.3 is 15.6 Å². The van der Waals surface area contributed by atoms with Crippen molar-refractivity contribution in [2.75, 3.05) is 5.32 Å². The number of hydrogen-bond acceptors (Lipinski definition) is 2. The van der Waals surface area contributed by atoms with Crippen molar-refractivity contribution in [1.82, 2.24) is 10.3 Å². The Hall–Kier alpha value is -1.78. The molecule has 0 atom stereocenters. The van der Waals surface area contributed by atoms with Crippen LogP contribution in [0.3, 0.4) is 0 Å². The summed E-state index contributed by atoms with van der Waals surface area (Å²) in [5.41, 5.74) is 1.05. The van der Waals surface area contributed by atoms with Crippen LogP contribution in [0.15, 0.2) is 12.3 Å². The molecule has 3 N–H and O–H groups in total. The summed E-state index contributed by atoms with van der Waals surface area (Å²) in [6, 6.07) is 1.71. The van der Waals surface area contributed by atoms with Crippen LogP contribution in [0, 0.1) is 5.92 Å². The Morgan fingerprint density at radius 3 is 2.41 bits per heavy atom. The molecule has 94 valence electrons. The fraction of sp³-hybridized carbons (Fsp3) is 0.500. The number of carbonyl (C=O) groups is 2. The number of H-pyrrole nitrogens is 1. The summed E-state index contributed by atoms with van der Waals surface area (Å²) in [5.74, 6) is -0.331. The number of aromatic amines is 1. The first kappa shape index (κ1) is 13.3. The van der Waals surface area contributed by atoms with E-state index in [2.05, 4.69) is 15.6 Å². The molecule has 2 amide bonds. The predicted molar refractivity (Wildman–Crippen MR) is 66.9 cm³/mol. The smallest absolute Gasteiger partial charge is 0.267 e. The summed E-state index contributed by atoms with van der Waals surface area (Å²) >= 11 is 0. The Morgan fingerprint density at radius 2 is 1.88 bits per heavy atom.